The van der Waals surface area contributed by atoms with E-state index in [4.69, 9.17) is 4.42 Å². The molecule has 1 aromatic heterocycles. The second kappa shape index (κ2) is 7.85. The molecule has 0 radical (unpaired) electrons. The molecule has 1 aliphatic heterocycles. The summed E-state index contributed by atoms with van der Waals surface area (Å²) in [5.74, 6) is 1.18. The van der Waals surface area contributed by atoms with Crippen molar-refractivity contribution in [2.75, 3.05) is 26.2 Å². The normalized spacial score (nSPS) is 16.0. The van der Waals surface area contributed by atoms with Gasteiger partial charge in [0.25, 0.3) is 0 Å². The van der Waals surface area contributed by atoms with Gasteiger partial charge in [0.05, 0.1) is 12.1 Å². The van der Waals surface area contributed by atoms with Gasteiger partial charge in [0.2, 0.25) is 11.8 Å². The smallest absolute Gasteiger partial charge is 0.248 e. The van der Waals surface area contributed by atoms with Crippen LogP contribution in [0.15, 0.2) is 33.2 Å². The van der Waals surface area contributed by atoms with Gasteiger partial charge in [-0.2, -0.15) is 0 Å². The molecule has 118 valence electrons. The molecule has 1 N–H and O–H groups in total. The fourth-order valence-corrected chi connectivity index (χ4v) is 3.14. The SMILES string of the molecule is Brc1ccccc1-c1nnc(CNCCN2CCCCC2)o1. The fraction of sp³-hybridized carbons (Fsp3) is 0.500. The van der Waals surface area contributed by atoms with Gasteiger partial charge in [-0.15, -0.1) is 10.2 Å². The molecule has 0 bridgehead atoms. The molecule has 6 heteroatoms. The summed E-state index contributed by atoms with van der Waals surface area (Å²) >= 11 is 3.50. The number of benzene rings is 1. The number of nitrogens with one attached hydrogen (secondary N) is 1. The van der Waals surface area contributed by atoms with Crippen molar-refractivity contribution in [3.63, 3.8) is 0 Å². The minimum atomic E-state index is 0.556. The van der Waals surface area contributed by atoms with Crippen LogP contribution in [0.3, 0.4) is 0 Å². The Hall–Kier alpha value is -1.24. The van der Waals surface area contributed by atoms with E-state index in [1.165, 1.54) is 32.4 Å². The van der Waals surface area contributed by atoms with Crippen molar-refractivity contribution in [3.8, 4) is 11.5 Å². The predicted octanol–water partition coefficient (Wildman–Crippen LogP) is 3.07. The van der Waals surface area contributed by atoms with Crippen molar-refractivity contribution < 1.29 is 4.42 Å². The summed E-state index contributed by atoms with van der Waals surface area (Å²) in [6, 6.07) is 7.86. The number of rotatable bonds is 6. The van der Waals surface area contributed by atoms with Crippen LogP contribution in [0.4, 0.5) is 0 Å². The summed E-state index contributed by atoms with van der Waals surface area (Å²) in [6.45, 7) is 5.12. The summed E-state index contributed by atoms with van der Waals surface area (Å²) in [6.07, 6.45) is 4.04. The molecule has 0 aliphatic carbocycles. The largest absolute Gasteiger partial charge is 0.419 e. The Kier molecular flexibility index (Phi) is 5.58. The van der Waals surface area contributed by atoms with Gasteiger partial charge in [-0.3, -0.25) is 0 Å². The standard InChI is InChI=1S/C16H21BrN4O/c17-14-7-3-2-6-13(14)16-20-19-15(22-16)12-18-8-11-21-9-4-1-5-10-21/h2-3,6-7,18H,1,4-5,8-12H2. The Labute approximate surface area is 139 Å². The average molecular weight is 365 g/mol. The number of nitrogens with zero attached hydrogens (tertiary/aromatic N) is 3. The Balaban J connectivity index is 1.47. The molecule has 22 heavy (non-hydrogen) atoms. The van der Waals surface area contributed by atoms with Gasteiger partial charge in [0.15, 0.2) is 0 Å². The van der Waals surface area contributed by atoms with Crippen molar-refractivity contribution in [2.24, 2.45) is 0 Å². The van der Waals surface area contributed by atoms with E-state index in [2.05, 4.69) is 36.3 Å². The monoisotopic (exact) mass is 364 g/mol. The van der Waals surface area contributed by atoms with E-state index in [0.717, 1.165) is 23.1 Å². The molecule has 1 fully saturated rings. The molecule has 1 saturated heterocycles. The van der Waals surface area contributed by atoms with Gasteiger partial charge in [-0.1, -0.05) is 18.6 Å². The van der Waals surface area contributed by atoms with Crippen molar-refractivity contribution in [3.05, 3.63) is 34.6 Å². The molecule has 1 aliphatic rings. The Morgan fingerprint density at radius 1 is 1.14 bits per heavy atom. The van der Waals surface area contributed by atoms with Crippen molar-refractivity contribution in [1.82, 2.24) is 20.4 Å². The van der Waals surface area contributed by atoms with Gasteiger partial charge >= 0.3 is 0 Å². The highest BCUT2D eigenvalue weighted by molar-refractivity contribution is 9.10. The number of hydrogen-bond acceptors (Lipinski definition) is 5. The highest BCUT2D eigenvalue weighted by Crippen LogP contribution is 2.26. The molecule has 0 amide bonds. The number of halogens is 1. The van der Waals surface area contributed by atoms with Crippen LogP contribution in [-0.2, 0) is 6.54 Å². The third kappa shape index (κ3) is 4.15. The van der Waals surface area contributed by atoms with Crippen molar-refractivity contribution >= 4 is 15.9 Å². The molecule has 2 aromatic rings. The van der Waals surface area contributed by atoms with E-state index in [1.54, 1.807) is 0 Å². The molecule has 0 unspecified atom stereocenters. The van der Waals surface area contributed by atoms with E-state index in [9.17, 15) is 0 Å². The molecule has 0 saturated carbocycles. The van der Waals surface area contributed by atoms with Crippen LogP contribution in [0.25, 0.3) is 11.5 Å². The zero-order valence-corrected chi connectivity index (χ0v) is 14.2. The lowest BCUT2D eigenvalue weighted by atomic mass is 10.1. The van der Waals surface area contributed by atoms with Crippen LogP contribution in [0, 0.1) is 0 Å². The first-order chi connectivity index (χ1) is 10.8. The molecule has 5 nitrogen and oxygen atoms in total. The summed E-state index contributed by atoms with van der Waals surface area (Å²) < 4.78 is 6.68. The van der Waals surface area contributed by atoms with Crippen LogP contribution in [0.5, 0.6) is 0 Å². The molecule has 1 aromatic carbocycles. The summed E-state index contributed by atoms with van der Waals surface area (Å²) in [7, 11) is 0. The summed E-state index contributed by atoms with van der Waals surface area (Å²) in [5, 5.41) is 11.6. The van der Waals surface area contributed by atoms with Gasteiger partial charge in [-0.05, 0) is 54.0 Å². The lowest BCUT2D eigenvalue weighted by Gasteiger charge is -2.26. The van der Waals surface area contributed by atoms with Crippen LogP contribution >= 0.6 is 15.9 Å². The van der Waals surface area contributed by atoms with Crippen molar-refractivity contribution in [1.29, 1.82) is 0 Å². The van der Waals surface area contributed by atoms with E-state index < -0.39 is 0 Å². The highest BCUT2D eigenvalue weighted by Gasteiger charge is 2.12. The van der Waals surface area contributed by atoms with E-state index in [-0.39, 0.29) is 0 Å². The molecular formula is C16H21BrN4O. The molecular weight excluding hydrogens is 344 g/mol. The second-order valence-electron chi connectivity index (χ2n) is 5.56. The zero-order chi connectivity index (χ0) is 15.2. The minimum Gasteiger partial charge on any atom is -0.419 e. The van der Waals surface area contributed by atoms with E-state index in [0.29, 0.717) is 18.3 Å². The fourth-order valence-electron chi connectivity index (χ4n) is 2.68. The maximum atomic E-state index is 5.71. The molecule has 3 rings (SSSR count). The minimum absolute atomic E-state index is 0.556. The molecule has 0 spiro atoms. The van der Waals surface area contributed by atoms with Crippen LogP contribution in [0.1, 0.15) is 25.2 Å². The van der Waals surface area contributed by atoms with Gasteiger partial charge < -0.3 is 14.6 Å². The third-order valence-electron chi connectivity index (χ3n) is 3.90. The molecule has 2 heterocycles. The first-order valence-electron chi connectivity index (χ1n) is 7.83. The third-order valence-corrected chi connectivity index (χ3v) is 4.59. The van der Waals surface area contributed by atoms with E-state index >= 15 is 0 Å². The Bertz CT molecular complexity index is 595. The Morgan fingerprint density at radius 2 is 1.95 bits per heavy atom. The van der Waals surface area contributed by atoms with Gasteiger partial charge in [0.1, 0.15) is 0 Å². The maximum Gasteiger partial charge on any atom is 0.248 e. The van der Waals surface area contributed by atoms with Crippen LogP contribution < -0.4 is 5.32 Å². The van der Waals surface area contributed by atoms with Crippen molar-refractivity contribution in [2.45, 2.75) is 25.8 Å². The number of hydrogen-bond donors (Lipinski definition) is 1. The lowest BCUT2D eigenvalue weighted by Crippen LogP contribution is -2.35. The number of aromatic nitrogens is 2. The number of likely N-dealkylation sites (tertiary alicyclic amines) is 1. The Morgan fingerprint density at radius 3 is 2.77 bits per heavy atom. The summed E-state index contributed by atoms with van der Waals surface area (Å²) in [4.78, 5) is 2.51. The highest BCUT2D eigenvalue weighted by atomic mass is 79.9. The van der Waals surface area contributed by atoms with Crippen LogP contribution in [-0.4, -0.2) is 41.3 Å². The predicted molar refractivity (Wildman–Crippen MR) is 89.4 cm³/mol. The zero-order valence-electron chi connectivity index (χ0n) is 12.6. The molecule has 0 atom stereocenters. The topological polar surface area (TPSA) is 54.2 Å². The van der Waals surface area contributed by atoms with Gasteiger partial charge in [-0.25, -0.2) is 0 Å². The second-order valence-corrected chi connectivity index (χ2v) is 6.41. The van der Waals surface area contributed by atoms with E-state index in [1.807, 2.05) is 24.3 Å². The average Bonchev–Trinajstić information content (AvgIpc) is 3.02. The quantitative estimate of drug-likeness (QED) is 0.798. The number of piperidine rings is 1. The first-order valence-corrected chi connectivity index (χ1v) is 8.62. The summed E-state index contributed by atoms with van der Waals surface area (Å²) in [5.41, 5.74) is 0.926. The van der Waals surface area contributed by atoms with Crippen LogP contribution in [0.2, 0.25) is 0 Å². The van der Waals surface area contributed by atoms with Gasteiger partial charge in [0, 0.05) is 17.6 Å². The maximum absolute atomic E-state index is 5.71. The lowest BCUT2D eigenvalue weighted by molar-refractivity contribution is 0.228. The first kappa shape index (κ1) is 15.6.